The summed E-state index contributed by atoms with van der Waals surface area (Å²) in [5, 5.41) is 16.7. The molecule has 0 bridgehead atoms. The Hall–Kier alpha value is -2.50. The fraction of sp³-hybridized carbons (Fsp3) is 0.583. The van der Waals surface area contributed by atoms with E-state index in [1.54, 1.807) is 13.8 Å². The van der Waals surface area contributed by atoms with Crippen LogP contribution in [0.4, 0.5) is 4.79 Å². The van der Waals surface area contributed by atoms with Gasteiger partial charge in [0.15, 0.2) is 0 Å². The third-order valence-electron chi connectivity index (χ3n) is 5.15. The van der Waals surface area contributed by atoms with Crippen molar-refractivity contribution in [2.24, 2.45) is 0 Å². The summed E-state index contributed by atoms with van der Waals surface area (Å²) < 4.78 is 5.49. The number of aromatic hydroxyl groups is 1. The van der Waals surface area contributed by atoms with Crippen LogP contribution in [0.3, 0.4) is 0 Å². The minimum absolute atomic E-state index is 0.255. The van der Waals surface area contributed by atoms with Crippen LogP contribution in [0, 0.1) is 0 Å². The maximum absolute atomic E-state index is 13.0. The van der Waals surface area contributed by atoms with Gasteiger partial charge in [0, 0.05) is 5.70 Å². The fourth-order valence-corrected chi connectivity index (χ4v) is 3.63. The maximum atomic E-state index is 13.0. The molecule has 1 atom stereocenters. The lowest BCUT2D eigenvalue weighted by atomic mass is 9.77. The molecule has 1 aliphatic heterocycles. The Kier molecular flexibility index (Phi) is 6.60. The number of ether oxygens (including phenoxy) is 1. The SMILES string of the molecule is CCC1=C(C(=O)OC(C)C)C(c2cc(C(C)(C)C)c(O)c(C(C)(C)C)c2)NC(=O)N1. The van der Waals surface area contributed by atoms with Crippen molar-refractivity contribution in [3.63, 3.8) is 0 Å². The van der Waals surface area contributed by atoms with Gasteiger partial charge in [0.1, 0.15) is 5.75 Å². The molecule has 166 valence electrons. The molecular weight excluding hydrogens is 380 g/mol. The van der Waals surface area contributed by atoms with Crippen molar-refractivity contribution in [1.29, 1.82) is 0 Å². The standard InChI is InChI=1S/C24H36N2O4/c1-10-17-18(21(28)30-13(2)3)19(26-22(29)25-17)14-11-15(23(4,5)6)20(27)16(12-14)24(7,8)9/h11-13,19,27H,10H2,1-9H3,(H2,25,26,29). The molecule has 6 nitrogen and oxygen atoms in total. The van der Waals surface area contributed by atoms with Gasteiger partial charge in [-0.1, -0.05) is 48.5 Å². The smallest absolute Gasteiger partial charge is 0.338 e. The van der Waals surface area contributed by atoms with E-state index in [-0.39, 0.29) is 28.7 Å². The first kappa shape index (κ1) is 23.8. The van der Waals surface area contributed by atoms with Gasteiger partial charge >= 0.3 is 12.0 Å². The monoisotopic (exact) mass is 416 g/mol. The molecule has 2 rings (SSSR count). The van der Waals surface area contributed by atoms with Crippen molar-refractivity contribution in [1.82, 2.24) is 10.6 Å². The largest absolute Gasteiger partial charge is 0.507 e. The van der Waals surface area contributed by atoms with E-state index < -0.39 is 12.0 Å². The molecule has 1 heterocycles. The Morgan fingerprint density at radius 3 is 2.00 bits per heavy atom. The number of carbonyl (C=O) groups is 2. The highest BCUT2D eigenvalue weighted by Crippen LogP contribution is 2.42. The van der Waals surface area contributed by atoms with Crippen LogP contribution in [0.15, 0.2) is 23.4 Å². The molecule has 0 radical (unpaired) electrons. The van der Waals surface area contributed by atoms with Crippen LogP contribution >= 0.6 is 0 Å². The summed E-state index contributed by atoms with van der Waals surface area (Å²) >= 11 is 0. The van der Waals surface area contributed by atoms with Crippen LogP contribution in [-0.4, -0.2) is 23.2 Å². The minimum atomic E-state index is -0.664. The normalized spacial score (nSPS) is 17.7. The van der Waals surface area contributed by atoms with Crippen LogP contribution in [0.25, 0.3) is 0 Å². The molecule has 0 aromatic heterocycles. The third kappa shape index (κ3) is 4.97. The van der Waals surface area contributed by atoms with Gasteiger partial charge in [0.25, 0.3) is 0 Å². The van der Waals surface area contributed by atoms with Crippen LogP contribution in [0.5, 0.6) is 5.75 Å². The van der Waals surface area contributed by atoms with Gasteiger partial charge in [0.2, 0.25) is 0 Å². The highest BCUT2D eigenvalue weighted by atomic mass is 16.5. The summed E-state index contributed by atoms with van der Waals surface area (Å²) in [5.41, 5.74) is 2.59. The zero-order valence-corrected chi connectivity index (χ0v) is 19.7. The fourth-order valence-electron chi connectivity index (χ4n) is 3.63. The number of phenolic OH excluding ortho intramolecular Hbond substituents is 1. The lowest BCUT2D eigenvalue weighted by molar-refractivity contribution is -0.143. The molecule has 1 aromatic carbocycles. The first-order chi connectivity index (χ1) is 13.7. The second-order valence-corrected chi connectivity index (χ2v) is 10.2. The van der Waals surface area contributed by atoms with Crippen LogP contribution in [-0.2, 0) is 20.4 Å². The van der Waals surface area contributed by atoms with E-state index in [9.17, 15) is 14.7 Å². The molecule has 1 aromatic rings. The molecule has 0 saturated carbocycles. The summed E-state index contributed by atoms with van der Waals surface area (Å²) in [6, 6.07) is 2.75. The zero-order chi connectivity index (χ0) is 23.0. The molecule has 0 aliphatic carbocycles. The summed E-state index contributed by atoms with van der Waals surface area (Å²) in [6.07, 6.45) is 0.208. The van der Waals surface area contributed by atoms with E-state index in [4.69, 9.17) is 4.74 Å². The topological polar surface area (TPSA) is 87.7 Å². The van der Waals surface area contributed by atoms with E-state index in [2.05, 4.69) is 10.6 Å². The quantitative estimate of drug-likeness (QED) is 0.606. The Balaban J connectivity index is 2.78. The van der Waals surface area contributed by atoms with Crippen LogP contribution in [0.2, 0.25) is 0 Å². The first-order valence-corrected chi connectivity index (χ1v) is 10.6. The molecule has 3 N–H and O–H groups in total. The zero-order valence-electron chi connectivity index (χ0n) is 19.7. The molecular formula is C24H36N2O4. The van der Waals surface area contributed by atoms with E-state index in [0.717, 1.165) is 16.7 Å². The van der Waals surface area contributed by atoms with Crippen LogP contribution < -0.4 is 10.6 Å². The van der Waals surface area contributed by atoms with Crippen molar-refractivity contribution < 1.29 is 19.4 Å². The number of benzene rings is 1. The number of hydrogen-bond donors (Lipinski definition) is 3. The molecule has 0 spiro atoms. The number of nitrogens with one attached hydrogen (secondary N) is 2. The minimum Gasteiger partial charge on any atom is -0.507 e. The van der Waals surface area contributed by atoms with Gasteiger partial charge in [0.05, 0.1) is 17.7 Å². The average Bonchev–Trinajstić information content (AvgIpc) is 2.58. The number of phenols is 1. The van der Waals surface area contributed by atoms with Crippen molar-refractivity contribution >= 4 is 12.0 Å². The molecule has 30 heavy (non-hydrogen) atoms. The number of carbonyl (C=O) groups excluding carboxylic acids is 2. The molecule has 0 saturated heterocycles. The molecule has 6 heteroatoms. The molecule has 1 aliphatic rings. The lowest BCUT2D eigenvalue weighted by Crippen LogP contribution is -2.46. The van der Waals surface area contributed by atoms with Gasteiger partial charge in [-0.2, -0.15) is 0 Å². The van der Waals surface area contributed by atoms with Gasteiger partial charge in [-0.15, -0.1) is 0 Å². The van der Waals surface area contributed by atoms with Crippen molar-refractivity contribution in [3.8, 4) is 5.75 Å². The predicted octanol–water partition coefficient (Wildman–Crippen LogP) is 4.96. The second-order valence-electron chi connectivity index (χ2n) is 10.2. The molecule has 1 unspecified atom stereocenters. The summed E-state index contributed by atoms with van der Waals surface area (Å²) in [5.74, 6) is -0.202. The Morgan fingerprint density at radius 2 is 1.60 bits per heavy atom. The van der Waals surface area contributed by atoms with E-state index in [1.807, 2.05) is 60.6 Å². The Bertz CT molecular complexity index is 835. The second kappa shape index (κ2) is 8.32. The molecule has 0 fully saturated rings. The number of hydrogen-bond acceptors (Lipinski definition) is 4. The highest BCUT2D eigenvalue weighted by molar-refractivity contribution is 5.95. The van der Waals surface area contributed by atoms with Crippen molar-refractivity contribution in [3.05, 3.63) is 40.1 Å². The maximum Gasteiger partial charge on any atom is 0.338 e. The Labute approximate surface area is 180 Å². The van der Waals surface area contributed by atoms with E-state index >= 15 is 0 Å². The summed E-state index contributed by atoms with van der Waals surface area (Å²) in [6.45, 7) is 17.6. The number of allylic oxidation sites excluding steroid dienone is 1. The number of esters is 1. The van der Waals surface area contributed by atoms with Gasteiger partial charge in [-0.3, -0.25) is 0 Å². The van der Waals surface area contributed by atoms with Crippen LogP contribution in [0.1, 0.15) is 91.5 Å². The van der Waals surface area contributed by atoms with Gasteiger partial charge in [-0.25, -0.2) is 9.59 Å². The van der Waals surface area contributed by atoms with Crippen molar-refractivity contribution in [2.45, 2.75) is 91.7 Å². The number of urea groups is 1. The van der Waals surface area contributed by atoms with Gasteiger partial charge < -0.3 is 20.5 Å². The van der Waals surface area contributed by atoms with E-state index in [1.165, 1.54) is 0 Å². The summed E-state index contributed by atoms with van der Waals surface area (Å²) in [7, 11) is 0. The van der Waals surface area contributed by atoms with Gasteiger partial charge in [-0.05, 0) is 59.9 Å². The first-order valence-electron chi connectivity index (χ1n) is 10.6. The number of rotatable bonds is 4. The van der Waals surface area contributed by atoms with Crippen molar-refractivity contribution in [2.75, 3.05) is 0 Å². The Morgan fingerprint density at radius 1 is 1.10 bits per heavy atom. The average molecular weight is 417 g/mol. The third-order valence-corrected chi connectivity index (χ3v) is 5.15. The highest BCUT2D eigenvalue weighted by Gasteiger charge is 2.36. The summed E-state index contributed by atoms with van der Waals surface area (Å²) in [4.78, 5) is 25.4. The number of amides is 2. The lowest BCUT2D eigenvalue weighted by Gasteiger charge is -2.33. The van der Waals surface area contributed by atoms with E-state index in [0.29, 0.717) is 17.7 Å². The predicted molar refractivity (Wildman–Crippen MR) is 118 cm³/mol. The molecule has 2 amide bonds.